The Morgan fingerprint density at radius 1 is 0.771 bits per heavy atom. The van der Waals surface area contributed by atoms with Gasteiger partial charge in [0.25, 0.3) is 10.0 Å². The molecule has 5 rings (SSSR count). The molecule has 0 atom stereocenters. The minimum absolute atomic E-state index is 0.107. The van der Waals surface area contributed by atoms with Crippen molar-refractivity contribution in [2.75, 3.05) is 17.5 Å². The van der Waals surface area contributed by atoms with Crippen molar-refractivity contribution < 1.29 is 22.7 Å². The minimum Gasteiger partial charge on any atom is -0.454 e. The van der Waals surface area contributed by atoms with Gasteiger partial charge in [-0.3, -0.25) is 9.10 Å². The number of carbonyl (C=O) groups excluding carboxylic acids is 2. The first-order valence-corrected chi connectivity index (χ1v) is 13.4. The number of aryl methyl sites for hydroxylation is 3. The van der Waals surface area contributed by atoms with Gasteiger partial charge in [0.15, 0.2) is 12.4 Å². The van der Waals surface area contributed by atoms with E-state index in [1.807, 2.05) is 36.4 Å². The second kappa shape index (κ2) is 9.66. The van der Waals surface area contributed by atoms with Gasteiger partial charge in [-0.15, -0.1) is 0 Å². The number of sulfonamides is 1. The summed E-state index contributed by atoms with van der Waals surface area (Å²) in [6.45, 7) is 0.0518. The van der Waals surface area contributed by atoms with E-state index in [9.17, 15) is 18.0 Å². The van der Waals surface area contributed by atoms with Crippen molar-refractivity contribution in [3.05, 3.63) is 94.5 Å². The van der Waals surface area contributed by atoms with Gasteiger partial charge in [-0.05, 0) is 91.6 Å². The third kappa shape index (κ3) is 4.73. The average molecular weight is 490 g/mol. The summed E-state index contributed by atoms with van der Waals surface area (Å²) in [6, 6.07) is 18.9. The first-order chi connectivity index (χ1) is 16.9. The van der Waals surface area contributed by atoms with Crippen LogP contribution in [0.2, 0.25) is 0 Å². The highest BCUT2D eigenvalue weighted by atomic mass is 32.2. The molecule has 35 heavy (non-hydrogen) atoms. The van der Waals surface area contributed by atoms with Crippen LogP contribution in [0, 0.1) is 0 Å². The molecule has 1 aliphatic carbocycles. The maximum absolute atomic E-state index is 13.3. The van der Waals surface area contributed by atoms with Crippen LogP contribution in [0.5, 0.6) is 0 Å². The van der Waals surface area contributed by atoms with Crippen LogP contribution in [0.15, 0.2) is 71.6 Å². The normalized spacial score (nSPS) is 15.1. The molecule has 7 heteroatoms. The standard InChI is InChI=1S/C28H27NO5S/c30-27(24-12-11-20-6-1-2-8-23(20)18-24)19-34-28(31)22-13-15-25(16-14-22)35(32,33)29-17-5-9-21-7-3-4-10-26(21)29/h3-4,7,10-16,18H,1-2,5-6,8-9,17,19H2. The molecule has 6 nitrogen and oxygen atoms in total. The number of benzene rings is 3. The fraction of sp³-hybridized carbons (Fsp3) is 0.286. The average Bonchev–Trinajstić information content (AvgIpc) is 2.91. The fourth-order valence-corrected chi connectivity index (χ4v) is 6.38. The van der Waals surface area contributed by atoms with Crippen molar-refractivity contribution in [1.82, 2.24) is 0 Å². The quantitative estimate of drug-likeness (QED) is 0.369. The molecular weight excluding hydrogens is 462 g/mol. The third-order valence-corrected chi connectivity index (χ3v) is 8.58. The van der Waals surface area contributed by atoms with E-state index in [0.29, 0.717) is 17.8 Å². The first-order valence-electron chi connectivity index (χ1n) is 12.0. The van der Waals surface area contributed by atoms with Crippen LogP contribution in [0.4, 0.5) is 5.69 Å². The molecule has 2 aliphatic rings. The predicted molar refractivity (Wildman–Crippen MR) is 133 cm³/mol. The molecular formula is C28H27NO5S. The number of nitrogens with zero attached hydrogens (tertiary/aromatic N) is 1. The number of ether oxygens (including phenoxy) is 1. The van der Waals surface area contributed by atoms with Crippen molar-refractivity contribution in [3.63, 3.8) is 0 Å². The van der Waals surface area contributed by atoms with E-state index in [1.54, 1.807) is 6.07 Å². The highest BCUT2D eigenvalue weighted by Gasteiger charge is 2.29. The van der Waals surface area contributed by atoms with Gasteiger partial charge >= 0.3 is 5.97 Å². The molecule has 1 heterocycles. The topological polar surface area (TPSA) is 80.8 Å². The Kier molecular flexibility index (Phi) is 6.43. The number of carbonyl (C=O) groups is 2. The lowest BCUT2D eigenvalue weighted by atomic mass is 9.90. The molecule has 0 radical (unpaired) electrons. The molecule has 0 bridgehead atoms. The van der Waals surface area contributed by atoms with Gasteiger partial charge in [-0.25, -0.2) is 13.2 Å². The van der Waals surface area contributed by atoms with Crippen LogP contribution >= 0.6 is 0 Å². The van der Waals surface area contributed by atoms with Crippen molar-refractivity contribution in [2.24, 2.45) is 0 Å². The molecule has 0 saturated carbocycles. The van der Waals surface area contributed by atoms with Crippen LogP contribution in [0.3, 0.4) is 0 Å². The minimum atomic E-state index is -3.76. The van der Waals surface area contributed by atoms with E-state index in [0.717, 1.165) is 37.7 Å². The summed E-state index contributed by atoms with van der Waals surface area (Å²) in [6.07, 6.45) is 5.89. The number of hydrogen-bond acceptors (Lipinski definition) is 5. The number of anilines is 1. The van der Waals surface area contributed by atoms with Crippen LogP contribution in [0.1, 0.15) is 56.7 Å². The van der Waals surface area contributed by atoms with E-state index >= 15 is 0 Å². The van der Waals surface area contributed by atoms with Gasteiger partial charge in [0, 0.05) is 12.1 Å². The van der Waals surface area contributed by atoms with Crippen LogP contribution in [-0.4, -0.2) is 33.3 Å². The van der Waals surface area contributed by atoms with E-state index in [-0.39, 0.29) is 22.8 Å². The summed E-state index contributed by atoms with van der Waals surface area (Å²) in [4.78, 5) is 25.2. The number of para-hydroxylation sites is 1. The Morgan fingerprint density at radius 2 is 1.46 bits per heavy atom. The van der Waals surface area contributed by atoms with E-state index in [2.05, 4.69) is 0 Å². The van der Waals surface area contributed by atoms with Crippen molar-refractivity contribution >= 4 is 27.5 Å². The predicted octanol–water partition coefficient (Wildman–Crippen LogP) is 4.75. The molecule has 0 spiro atoms. The highest BCUT2D eigenvalue weighted by molar-refractivity contribution is 7.92. The fourth-order valence-electron chi connectivity index (χ4n) is 4.84. The summed E-state index contributed by atoms with van der Waals surface area (Å²) in [5, 5.41) is 0. The van der Waals surface area contributed by atoms with Crippen LogP contribution in [0.25, 0.3) is 0 Å². The van der Waals surface area contributed by atoms with Gasteiger partial charge in [0.05, 0.1) is 16.1 Å². The number of ketones is 1. The van der Waals surface area contributed by atoms with Gasteiger partial charge < -0.3 is 4.74 Å². The Bertz CT molecular complexity index is 1380. The monoisotopic (exact) mass is 489 g/mol. The van der Waals surface area contributed by atoms with E-state index in [4.69, 9.17) is 4.74 Å². The summed E-state index contributed by atoms with van der Waals surface area (Å²) in [7, 11) is -3.76. The molecule has 0 aromatic heterocycles. The summed E-state index contributed by atoms with van der Waals surface area (Å²) in [5.74, 6) is -0.918. The summed E-state index contributed by atoms with van der Waals surface area (Å²) >= 11 is 0. The molecule has 3 aromatic rings. The summed E-state index contributed by atoms with van der Waals surface area (Å²) < 4.78 is 33.2. The van der Waals surface area contributed by atoms with Gasteiger partial charge in [-0.1, -0.05) is 30.3 Å². The van der Waals surface area contributed by atoms with Gasteiger partial charge in [0.1, 0.15) is 0 Å². The third-order valence-electron chi connectivity index (χ3n) is 6.75. The van der Waals surface area contributed by atoms with Crippen LogP contribution < -0.4 is 4.31 Å². The molecule has 0 amide bonds. The van der Waals surface area contributed by atoms with Gasteiger partial charge in [-0.2, -0.15) is 0 Å². The van der Waals surface area contributed by atoms with Crippen molar-refractivity contribution in [1.29, 1.82) is 0 Å². The van der Waals surface area contributed by atoms with Crippen molar-refractivity contribution in [3.8, 4) is 0 Å². The number of rotatable bonds is 6. The Morgan fingerprint density at radius 3 is 2.26 bits per heavy atom. The number of esters is 1. The number of fused-ring (bicyclic) bond motifs is 2. The maximum Gasteiger partial charge on any atom is 0.338 e. The molecule has 180 valence electrons. The lowest BCUT2D eigenvalue weighted by Crippen LogP contribution is -2.35. The molecule has 0 fully saturated rings. The Balaban J connectivity index is 1.25. The number of hydrogen-bond donors (Lipinski definition) is 0. The SMILES string of the molecule is O=C(COC(=O)c1ccc(S(=O)(=O)N2CCCc3ccccc32)cc1)c1ccc2c(c1)CCCC2. The maximum atomic E-state index is 13.3. The zero-order valence-corrected chi connectivity index (χ0v) is 20.2. The first kappa shape index (κ1) is 23.3. The van der Waals surface area contributed by atoms with Crippen LogP contribution in [-0.2, 0) is 34.0 Å². The zero-order valence-electron chi connectivity index (χ0n) is 19.4. The lowest BCUT2D eigenvalue weighted by Gasteiger charge is -2.30. The Hall–Kier alpha value is -3.45. The Labute approximate surface area is 205 Å². The second-order valence-corrected chi connectivity index (χ2v) is 10.9. The highest BCUT2D eigenvalue weighted by Crippen LogP contribution is 2.32. The smallest absolute Gasteiger partial charge is 0.338 e. The lowest BCUT2D eigenvalue weighted by molar-refractivity contribution is 0.0474. The van der Waals surface area contributed by atoms with Gasteiger partial charge in [0.2, 0.25) is 0 Å². The largest absolute Gasteiger partial charge is 0.454 e. The molecule has 0 N–H and O–H groups in total. The van der Waals surface area contributed by atoms with Crippen molar-refractivity contribution in [2.45, 2.75) is 43.4 Å². The second-order valence-electron chi connectivity index (χ2n) is 9.02. The summed E-state index contributed by atoms with van der Waals surface area (Å²) in [5.41, 5.74) is 4.92. The number of Topliss-reactive ketones (excluding diaryl/α,β-unsaturated/α-hetero) is 1. The molecule has 0 saturated heterocycles. The van der Waals surface area contributed by atoms with E-state index in [1.165, 1.54) is 46.1 Å². The molecule has 1 aliphatic heterocycles. The molecule has 3 aromatic carbocycles. The zero-order chi connectivity index (χ0) is 24.4. The van der Waals surface area contributed by atoms with E-state index < -0.39 is 16.0 Å². The molecule has 0 unspecified atom stereocenters.